The lowest BCUT2D eigenvalue weighted by molar-refractivity contribution is 0.181. The summed E-state index contributed by atoms with van der Waals surface area (Å²) in [7, 11) is 0. The van der Waals surface area contributed by atoms with Crippen LogP contribution in [0, 0.1) is 0 Å². The van der Waals surface area contributed by atoms with Gasteiger partial charge in [0.15, 0.2) is 0 Å². The fraction of sp³-hybridized carbons (Fsp3) is 0.333. The zero-order valence-corrected chi connectivity index (χ0v) is 13.7. The Morgan fingerprint density at radius 1 is 1.22 bits per heavy atom. The SMILES string of the molecule is O=C(NCc1cccnc1)N1CCC(c2ccc(Cl)cc2)CC1. The minimum atomic E-state index is 0.00316. The molecule has 0 aliphatic carbocycles. The molecule has 2 heterocycles. The van der Waals surface area contributed by atoms with Crippen LogP contribution in [0.3, 0.4) is 0 Å². The Labute approximate surface area is 141 Å². The molecule has 23 heavy (non-hydrogen) atoms. The first-order valence-electron chi connectivity index (χ1n) is 7.89. The van der Waals surface area contributed by atoms with Crippen LogP contribution in [0.1, 0.15) is 29.9 Å². The van der Waals surface area contributed by atoms with Crippen molar-refractivity contribution in [3.8, 4) is 0 Å². The lowest BCUT2D eigenvalue weighted by atomic mass is 9.89. The zero-order valence-electron chi connectivity index (χ0n) is 12.9. The minimum absolute atomic E-state index is 0.00316. The van der Waals surface area contributed by atoms with Crippen LogP contribution in [-0.4, -0.2) is 29.0 Å². The summed E-state index contributed by atoms with van der Waals surface area (Å²) in [5.74, 6) is 0.509. The molecule has 120 valence electrons. The highest BCUT2D eigenvalue weighted by Crippen LogP contribution is 2.28. The molecule has 0 radical (unpaired) electrons. The summed E-state index contributed by atoms with van der Waals surface area (Å²) in [6.07, 6.45) is 5.48. The molecule has 3 rings (SSSR count). The van der Waals surface area contributed by atoms with Crippen molar-refractivity contribution in [1.82, 2.24) is 15.2 Å². The highest BCUT2D eigenvalue weighted by molar-refractivity contribution is 6.30. The number of pyridine rings is 1. The molecule has 1 aliphatic heterocycles. The maximum atomic E-state index is 12.2. The molecule has 0 spiro atoms. The summed E-state index contributed by atoms with van der Waals surface area (Å²) in [6.45, 7) is 2.09. The van der Waals surface area contributed by atoms with Gasteiger partial charge in [-0.25, -0.2) is 4.79 Å². The summed E-state index contributed by atoms with van der Waals surface area (Å²) in [5, 5.41) is 3.73. The van der Waals surface area contributed by atoms with Crippen LogP contribution in [0.15, 0.2) is 48.8 Å². The number of rotatable bonds is 3. The van der Waals surface area contributed by atoms with Gasteiger partial charge in [-0.1, -0.05) is 29.8 Å². The number of nitrogens with one attached hydrogen (secondary N) is 1. The summed E-state index contributed by atoms with van der Waals surface area (Å²) < 4.78 is 0. The first kappa shape index (κ1) is 15.8. The van der Waals surface area contributed by atoms with Gasteiger partial charge in [0.2, 0.25) is 0 Å². The van der Waals surface area contributed by atoms with E-state index in [0.717, 1.165) is 36.5 Å². The lowest BCUT2D eigenvalue weighted by Crippen LogP contribution is -2.43. The van der Waals surface area contributed by atoms with E-state index in [0.29, 0.717) is 12.5 Å². The molecule has 5 heteroatoms. The third-order valence-electron chi connectivity index (χ3n) is 4.29. The Morgan fingerprint density at radius 3 is 2.61 bits per heavy atom. The van der Waals surface area contributed by atoms with E-state index in [2.05, 4.69) is 22.4 Å². The molecule has 1 aromatic heterocycles. The molecule has 2 amide bonds. The molecular weight excluding hydrogens is 310 g/mol. The lowest BCUT2D eigenvalue weighted by Gasteiger charge is -2.32. The van der Waals surface area contributed by atoms with Crippen LogP contribution in [0.4, 0.5) is 4.79 Å². The molecule has 1 aliphatic rings. The van der Waals surface area contributed by atoms with Crippen LogP contribution in [0.25, 0.3) is 0 Å². The van der Waals surface area contributed by atoms with E-state index in [1.165, 1.54) is 5.56 Å². The van der Waals surface area contributed by atoms with E-state index in [9.17, 15) is 4.79 Å². The van der Waals surface area contributed by atoms with Crippen molar-refractivity contribution in [3.05, 3.63) is 64.9 Å². The number of piperidine rings is 1. The minimum Gasteiger partial charge on any atom is -0.334 e. The molecule has 2 aromatic rings. The average molecular weight is 330 g/mol. The second-order valence-corrected chi connectivity index (χ2v) is 6.27. The van der Waals surface area contributed by atoms with E-state index in [1.807, 2.05) is 29.2 Å². The zero-order chi connectivity index (χ0) is 16.1. The van der Waals surface area contributed by atoms with Gasteiger partial charge in [-0.3, -0.25) is 4.98 Å². The Morgan fingerprint density at radius 2 is 1.96 bits per heavy atom. The van der Waals surface area contributed by atoms with E-state index >= 15 is 0 Å². The number of carbonyl (C=O) groups is 1. The van der Waals surface area contributed by atoms with Crippen molar-refractivity contribution >= 4 is 17.6 Å². The summed E-state index contributed by atoms with van der Waals surface area (Å²) in [5.41, 5.74) is 2.32. The van der Waals surface area contributed by atoms with E-state index in [-0.39, 0.29) is 6.03 Å². The molecular formula is C18H20ClN3O. The number of amides is 2. The topological polar surface area (TPSA) is 45.2 Å². The van der Waals surface area contributed by atoms with Crippen molar-refractivity contribution in [3.63, 3.8) is 0 Å². The number of likely N-dealkylation sites (tertiary alicyclic amines) is 1. The molecule has 1 saturated heterocycles. The van der Waals surface area contributed by atoms with Gasteiger partial charge >= 0.3 is 6.03 Å². The molecule has 1 fully saturated rings. The predicted octanol–water partition coefficient (Wildman–Crippen LogP) is 3.82. The molecule has 4 nitrogen and oxygen atoms in total. The Balaban J connectivity index is 1.48. The Hall–Kier alpha value is -2.07. The number of carbonyl (C=O) groups excluding carboxylic acids is 1. The molecule has 0 unspecified atom stereocenters. The van der Waals surface area contributed by atoms with E-state index < -0.39 is 0 Å². The second kappa shape index (κ2) is 7.47. The van der Waals surface area contributed by atoms with Gasteiger partial charge in [-0.05, 0) is 48.1 Å². The van der Waals surface area contributed by atoms with E-state index in [1.54, 1.807) is 12.4 Å². The van der Waals surface area contributed by atoms with Crippen molar-refractivity contribution in [2.24, 2.45) is 0 Å². The summed E-state index contributed by atoms with van der Waals surface area (Å²) >= 11 is 5.94. The maximum absolute atomic E-state index is 12.2. The van der Waals surface area contributed by atoms with Crippen molar-refractivity contribution in [2.75, 3.05) is 13.1 Å². The van der Waals surface area contributed by atoms with Gasteiger partial charge in [0, 0.05) is 37.1 Å². The van der Waals surface area contributed by atoms with E-state index in [4.69, 9.17) is 11.6 Å². The molecule has 0 atom stereocenters. The van der Waals surface area contributed by atoms with Crippen LogP contribution in [0.5, 0.6) is 0 Å². The molecule has 1 N–H and O–H groups in total. The van der Waals surface area contributed by atoms with Gasteiger partial charge in [-0.2, -0.15) is 0 Å². The highest BCUT2D eigenvalue weighted by atomic mass is 35.5. The number of urea groups is 1. The van der Waals surface area contributed by atoms with Gasteiger partial charge in [0.1, 0.15) is 0 Å². The summed E-state index contributed by atoms with van der Waals surface area (Å²) in [4.78, 5) is 18.2. The van der Waals surface area contributed by atoms with Gasteiger partial charge in [-0.15, -0.1) is 0 Å². The van der Waals surface area contributed by atoms with Crippen LogP contribution in [-0.2, 0) is 6.54 Å². The smallest absolute Gasteiger partial charge is 0.317 e. The Kier molecular flexibility index (Phi) is 5.13. The summed E-state index contributed by atoms with van der Waals surface area (Å²) in [6, 6.07) is 11.9. The quantitative estimate of drug-likeness (QED) is 0.930. The normalized spacial score (nSPS) is 15.4. The number of benzene rings is 1. The first-order valence-corrected chi connectivity index (χ1v) is 8.27. The maximum Gasteiger partial charge on any atom is 0.317 e. The molecule has 0 saturated carbocycles. The number of halogens is 1. The number of aromatic nitrogens is 1. The standard InChI is InChI=1S/C18H20ClN3O/c19-17-5-3-15(4-6-17)16-7-10-22(11-8-16)18(23)21-13-14-2-1-9-20-12-14/h1-6,9,12,16H,7-8,10-11,13H2,(H,21,23). The number of hydrogen-bond acceptors (Lipinski definition) is 2. The van der Waals surface area contributed by atoms with Crippen LogP contribution >= 0.6 is 11.6 Å². The second-order valence-electron chi connectivity index (χ2n) is 5.83. The fourth-order valence-corrected chi connectivity index (χ4v) is 3.07. The fourth-order valence-electron chi connectivity index (χ4n) is 2.94. The van der Waals surface area contributed by atoms with Crippen LogP contribution in [0.2, 0.25) is 5.02 Å². The third kappa shape index (κ3) is 4.23. The number of nitrogens with zero attached hydrogens (tertiary/aromatic N) is 2. The van der Waals surface area contributed by atoms with Crippen molar-refractivity contribution in [1.29, 1.82) is 0 Å². The highest BCUT2D eigenvalue weighted by Gasteiger charge is 2.23. The van der Waals surface area contributed by atoms with Crippen molar-refractivity contribution in [2.45, 2.75) is 25.3 Å². The Bertz CT molecular complexity index is 637. The number of hydrogen-bond donors (Lipinski definition) is 1. The first-order chi connectivity index (χ1) is 11.2. The predicted molar refractivity (Wildman–Crippen MR) is 91.5 cm³/mol. The van der Waals surface area contributed by atoms with Gasteiger partial charge in [0.25, 0.3) is 0 Å². The monoisotopic (exact) mass is 329 g/mol. The average Bonchev–Trinajstić information content (AvgIpc) is 2.61. The molecule has 1 aromatic carbocycles. The van der Waals surface area contributed by atoms with Crippen molar-refractivity contribution < 1.29 is 4.79 Å². The third-order valence-corrected chi connectivity index (χ3v) is 4.54. The van der Waals surface area contributed by atoms with Gasteiger partial charge in [0.05, 0.1) is 0 Å². The van der Waals surface area contributed by atoms with Crippen LogP contribution < -0.4 is 5.32 Å². The molecule has 0 bridgehead atoms. The largest absolute Gasteiger partial charge is 0.334 e. The van der Waals surface area contributed by atoms with Gasteiger partial charge < -0.3 is 10.2 Å².